The summed E-state index contributed by atoms with van der Waals surface area (Å²) in [7, 11) is 7.83. The minimum atomic E-state index is 0.644. The van der Waals surface area contributed by atoms with Gasteiger partial charge in [-0.25, -0.2) is 0 Å². The molecule has 8 heteroatoms. The number of methoxy groups -OCH3 is 1. The molecule has 0 saturated carbocycles. The molecule has 0 aromatic heterocycles. The number of rotatable bonds is 10. The average Bonchev–Trinajstić information content (AvgIpc) is 2.72. The number of halogens is 1. The molecule has 0 radical (unpaired) electrons. The van der Waals surface area contributed by atoms with Crippen molar-refractivity contribution in [3.05, 3.63) is 28.8 Å². The number of anilines is 1. The van der Waals surface area contributed by atoms with Crippen molar-refractivity contribution in [3.8, 4) is 0 Å². The van der Waals surface area contributed by atoms with Crippen molar-refractivity contribution in [2.24, 2.45) is 4.99 Å². The Balaban J connectivity index is 1.86. The Kier molecular flexibility index (Phi) is 10.6. The summed E-state index contributed by atoms with van der Waals surface area (Å²) in [5.41, 5.74) is 2.34. The second-order valence-corrected chi connectivity index (χ2v) is 7.94. The van der Waals surface area contributed by atoms with E-state index < -0.39 is 0 Å². The summed E-state index contributed by atoms with van der Waals surface area (Å²) in [6.45, 7) is 8.42. The molecule has 0 spiro atoms. The lowest BCUT2D eigenvalue weighted by Crippen LogP contribution is -2.45. The molecule has 0 unspecified atom stereocenters. The lowest BCUT2D eigenvalue weighted by Gasteiger charge is -2.35. The van der Waals surface area contributed by atoms with Gasteiger partial charge in [-0.2, -0.15) is 0 Å². The standard InChI is InChI=1S/C21H37ClN6O/c1-23-21(24-9-11-26(2)10-6-16-29-4)25-17-18-19(22)7-5-8-20(18)28-14-12-27(3)13-15-28/h5,7-8H,6,9-17H2,1-4H3,(H2,23,24,25). The number of nitrogens with one attached hydrogen (secondary N) is 2. The summed E-state index contributed by atoms with van der Waals surface area (Å²) in [5.74, 6) is 0.791. The van der Waals surface area contributed by atoms with Crippen LogP contribution in [0.4, 0.5) is 5.69 Å². The van der Waals surface area contributed by atoms with Crippen LogP contribution in [-0.4, -0.2) is 96.4 Å². The Morgan fingerprint density at radius 3 is 2.66 bits per heavy atom. The van der Waals surface area contributed by atoms with Gasteiger partial charge < -0.3 is 30.1 Å². The fraction of sp³-hybridized carbons (Fsp3) is 0.667. The van der Waals surface area contributed by atoms with E-state index in [1.807, 2.05) is 12.1 Å². The smallest absolute Gasteiger partial charge is 0.191 e. The highest BCUT2D eigenvalue weighted by Crippen LogP contribution is 2.28. The third-order valence-corrected chi connectivity index (χ3v) is 5.62. The van der Waals surface area contributed by atoms with Crippen molar-refractivity contribution in [1.82, 2.24) is 20.4 Å². The maximum atomic E-state index is 6.56. The van der Waals surface area contributed by atoms with Crippen LogP contribution in [0.1, 0.15) is 12.0 Å². The molecule has 1 fully saturated rings. The Morgan fingerprint density at radius 2 is 1.97 bits per heavy atom. The monoisotopic (exact) mass is 424 g/mol. The first-order valence-electron chi connectivity index (χ1n) is 10.4. The Bertz CT molecular complexity index is 634. The van der Waals surface area contributed by atoms with Crippen LogP contribution in [0.15, 0.2) is 23.2 Å². The zero-order valence-electron chi connectivity index (χ0n) is 18.4. The first kappa shape index (κ1) is 23.7. The van der Waals surface area contributed by atoms with Gasteiger partial charge in [-0.1, -0.05) is 17.7 Å². The summed E-state index contributed by atoms with van der Waals surface area (Å²) in [6, 6.07) is 6.16. The molecule has 1 aliphatic rings. The third kappa shape index (κ3) is 8.01. The summed E-state index contributed by atoms with van der Waals surface area (Å²) < 4.78 is 5.11. The molecule has 1 aromatic carbocycles. The number of piperazine rings is 1. The first-order chi connectivity index (χ1) is 14.0. The molecule has 1 aromatic rings. The van der Waals surface area contributed by atoms with Crippen molar-refractivity contribution in [1.29, 1.82) is 0 Å². The second kappa shape index (κ2) is 12.9. The van der Waals surface area contributed by atoms with Gasteiger partial charge in [0.05, 0.1) is 0 Å². The minimum Gasteiger partial charge on any atom is -0.385 e. The van der Waals surface area contributed by atoms with Crippen molar-refractivity contribution < 1.29 is 4.74 Å². The normalized spacial score (nSPS) is 15.8. The number of hydrogen-bond donors (Lipinski definition) is 2. The summed E-state index contributed by atoms with van der Waals surface area (Å²) in [6.07, 6.45) is 1.04. The predicted molar refractivity (Wildman–Crippen MR) is 123 cm³/mol. The van der Waals surface area contributed by atoms with Crippen LogP contribution < -0.4 is 15.5 Å². The van der Waals surface area contributed by atoms with E-state index in [4.69, 9.17) is 16.3 Å². The maximum absolute atomic E-state index is 6.56. The van der Waals surface area contributed by atoms with E-state index in [0.717, 1.165) is 75.4 Å². The van der Waals surface area contributed by atoms with Gasteiger partial charge in [0.15, 0.2) is 5.96 Å². The van der Waals surface area contributed by atoms with Crippen LogP contribution in [0.5, 0.6) is 0 Å². The molecule has 0 bridgehead atoms. The van der Waals surface area contributed by atoms with E-state index >= 15 is 0 Å². The number of likely N-dealkylation sites (N-methyl/N-ethyl adjacent to an activating group) is 2. The zero-order valence-corrected chi connectivity index (χ0v) is 19.1. The predicted octanol–water partition coefficient (Wildman–Crippen LogP) is 1.73. The Hall–Kier alpha value is -1.54. The van der Waals surface area contributed by atoms with Gasteiger partial charge in [-0.15, -0.1) is 0 Å². The molecule has 1 heterocycles. The average molecular weight is 425 g/mol. The molecule has 0 atom stereocenters. The fourth-order valence-corrected chi connectivity index (χ4v) is 3.65. The van der Waals surface area contributed by atoms with Crippen LogP contribution in [0.2, 0.25) is 5.02 Å². The topological polar surface area (TPSA) is 55.4 Å². The molecule has 2 rings (SSSR count). The van der Waals surface area contributed by atoms with Gasteiger partial charge in [0.25, 0.3) is 0 Å². The summed E-state index contributed by atoms with van der Waals surface area (Å²) >= 11 is 6.56. The maximum Gasteiger partial charge on any atom is 0.191 e. The van der Waals surface area contributed by atoms with Crippen molar-refractivity contribution in [2.45, 2.75) is 13.0 Å². The van der Waals surface area contributed by atoms with E-state index in [-0.39, 0.29) is 0 Å². The highest BCUT2D eigenvalue weighted by Gasteiger charge is 2.18. The van der Waals surface area contributed by atoms with Crippen LogP contribution in [-0.2, 0) is 11.3 Å². The lowest BCUT2D eigenvalue weighted by atomic mass is 10.1. The van der Waals surface area contributed by atoms with Gasteiger partial charge in [0, 0.05) is 89.4 Å². The van der Waals surface area contributed by atoms with Crippen LogP contribution in [0.3, 0.4) is 0 Å². The molecule has 2 N–H and O–H groups in total. The number of guanidine groups is 1. The molecule has 7 nitrogen and oxygen atoms in total. The van der Waals surface area contributed by atoms with E-state index in [2.05, 4.69) is 50.5 Å². The molecule has 1 saturated heterocycles. The van der Waals surface area contributed by atoms with Gasteiger partial charge >= 0.3 is 0 Å². The zero-order chi connectivity index (χ0) is 21.1. The first-order valence-corrected chi connectivity index (χ1v) is 10.8. The number of nitrogens with zero attached hydrogens (tertiary/aromatic N) is 4. The van der Waals surface area contributed by atoms with Gasteiger partial charge in [0.1, 0.15) is 0 Å². The SMILES string of the molecule is CN=C(NCCN(C)CCCOC)NCc1c(Cl)cccc1N1CCN(C)CC1. The Labute approximate surface area is 181 Å². The number of ether oxygens (including phenoxy) is 1. The fourth-order valence-electron chi connectivity index (χ4n) is 3.41. The van der Waals surface area contributed by atoms with Crippen molar-refractivity contribution in [2.75, 3.05) is 85.6 Å². The van der Waals surface area contributed by atoms with E-state index in [1.165, 1.54) is 5.69 Å². The highest BCUT2D eigenvalue weighted by atomic mass is 35.5. The second-order valence-electron chi connectivity index (χ2n) is 7.53. The molecule has 0 amide bonds. The van der Waals surface area contributed by atoms with Gasteiger partial charge in [-0.3, -0.25) is 4.99 Å². The minimum absolute atomic E-state index is 0.644. The van der Waals surface area contributed by atoms with Gasteiger partial charge in [-0.05, 0) is 32.6 Å². The highest BCUT2D eigenvalue weighted by molar-refractivity contribution is 6.31. The van der Waals surface area contributed by atoms with Crippen molar-refractivity contribution in [3.63, 3.8) is 0 Å². The summed E-state index contributed by atoms with van der Waals surface area (Å²) in [4.78, 5) is 11.4. The number of hydrogen-bond acceptors (Lipinski definition) is 5. The molecular weight excluding hydrogens is 388 g/mol. The summed E-state index contributed by atoms with van der Waals surface area (Å²) in [5, 5.41) is 7.60. The van der Waals surface area contributed by atoms with Crippen LogP contribution in [0.25, 0.3) is 0 Å². The molecule has 29 heavy (non-hydrogen) atoms. The molecular formula is C21H37ClN6O. The molecule has 0 aliphatic carbocycles. The van der Waals surface area contributed by atoms with E-state index in [1.54, 1.807) is 14.2 Å². The number of aliphatic imine (C=N–C) groups is 1. The quantitative estimate of drug-likeness (QED) is 0.339. The molecule has 1 aliphatic heterocycles. The van der Waals surface area contributed by atoms with Crippen LogP contribution in [0, 0.1) is 0 Å². The third-order valence-electron chi connectivity index (χ3n) is 5.27. The lowest BCUT2D eigenvalue weighted by molar-refractivity contribution is 0.180. The largest absolute Gasteiger partial charge is 0.385 e. The molecule has 164 valence electrons. The van der Waals surface area contributed by atoms with Crippen molar-refractivity contribution >= 4 is 23.2 Å². The Morgan fingerprint density at radius 1 is 1.21 bits per heavy atom. The van der Waals surface area contributed by atoms with Gasteiger partial charge in [0.2, 0.25) is 0 Å². The van der Waals surface area contributed by atoms with Crippen LogP contribution >= 0.6 is 11.6 Å². The van der Waals surface area contributed by atoms with E-state index in [0.29, 0.717) is 6.54 Å². The number of benzene rings is 1. The van der Waals surface area contributed by atoms with E-state index in [9.17, 15) is 0 Å².